The molecule has 2 saturated carbocycles. The first-order chi connectivity index (χ1) is 10.7. The van der Waals surface area contributed by atoms with Gasteiger partial charge in [0.05, 0.1) is 6.61 Å². The van der Waals surface area contributed by atoms with Crippen LogP contribution in [0.2, 0.25) is 0 Å². The lowest BCUT2D eigenvalue weighted by atomic mass is 9.84. The highest BCUT2D eigenvalue weighted by molar-refractivity contribution is 5.81. The maximum absolute atomic E-state index is 12.3. The summed E-state index contributed by atoms with van der Waals surface area (Å²) < 4.78 is 5.48. The normalized spacial score (nSPS) is 31.9. The van der Waals surface area contributed by atoms with Crippen molar-refractivity contribution in [3.63, 3.8) is 0 Å². The Labute approximate surface area is 134 Å². The van der Waals surface area contributed by atoms with Crippen LogP contribution in [0.1, 0.15) is 51.4 Å². The molecule has 0 radical (unpaired) electrons. The molecule has 22 heavy (non-hydrogen) atoms. The molecule has 2 aliphatic carbocycles. The number of hydrogen-bond donors (Lipinski definition) is 0. The summed E-state index contributed by atoms with van der Waals surface area (Å²) in [6, 6.07) is 0.608. The van der Waals surface area contributed by atoms with Gasteiger partial charge in [-0.25, -0.2) is 0 Å². The average Bonchev–Trinajstić information content (AvgIpc) is 3.43. The summed E-state index contributed by atoms with van der Waals surface area (Å²) in [7, 11) is 1.83. The molecule has 4 rings (SSSR count). The number of amides is 1. The monoisotopic (exact) mass is 306 g/mol. The van der Waals surface area contributed by atoms with E-state index >= 15 is 0 Å². The Morgan fingerprint density at radius 2 is 1.82 bits per heavy atom. The molecule has 2 saturated heterocycles. The zero-order chi connectivity index (χ0) is 15.2. The molecule has 0 aromatic carbocycles. The second kappa shape index (κ2) is 5.79. The van der Waals surface area contributed by atoms with Crippen LogP contribution in [0.4, 0.5) is 0 Å². The lowest BCUT2D eigenvalue weighted by Gasteiger charge is -2.47. The van der Waals surface area contributed by atoms with Gasteiger partial charge in [0.1, 0.15) is 0 Å². The number of likely N-dealkylation sites (tertiary alicyclic amines) is 2. The third-order valence-corrected chi connectivity index (χ3v) is 6.44. The molecule has 1 amide bonds. The van der Waals surface area contributed by atoms with E-state index < -0.39 is 0 Å². The first-order valence-corrected chi connectivity index (χ1v) is 9.26. The van der Waals surface area contributed by atoms with Gasteiger partial charge in [-0.3, -0.25) is 9.69 Å². The molecule has 0 N–H and O–H groups in total. The number of ether oxygens (including phenoxy) is 1. The van der Waals surface area contributed by atoms with Crippen LogP contribution in [-0.2, 0) is 9.53 Å². The van der Waals surface area contributed by atoms with Crippen LogP contribution in [0.3, 0.4) is 0 Å². The quantitative estimate of drug-likeness (QED) is 0.781. The van der Waals surface area contributed by atoms with Crippen LogP contribution in [0, 0.1) is 11.8 Å². The van der Waals surface area contributed by atoms with E-state index in [0.717, 1.165) is 38.5 Å². The fourth-order valence-corrected chi connectivity index (χ4v) is 4.68. The molecule has 0 aromatic rings. The van der Waals surface area contributed by atoms with Crippen LogP contribution >= 0.6 is 0 Å². The number of piperidine rings is 1. The van der Waals surface area contributed by atoms with Gasteiger partial charge in [0.25, 0.3) is 0 Å². The number of nitrogens with zero attached hydrogens (tertiary/aromatic N) is 2. The van der Waals surface area contributed by atoms with E-state index in [1.165, 1.54) is 45.1 Å². The zero-order valence-corrected chi connectivity index (χ0v) is 13.9. The maximum Gasteiger partial charge on any atom is 0.225 e. The van der Waals surface area contributed by atoms with Crippen LogP contribution in [-0.4, -0.2) is 60.6 Å². The van der Waals surface area contributed by atoms with Gasteiger partial charge < -0.3 is 9.64 Å². The summed E-state index contributed by atoms with van der Waals surface area (Å²) in [6.07, 6.45) is 10.0. The predicted molar refractivity (Wildman–Crippen MR) is 85.6 cm³/mol. The summed E-state index contributed by atoms with van der Waals surface area (Å²) in [5.74, 6) is 1.75. The standard InChI is InChI=1S/C18H30N2O2/c1-22-13-16-6-7-18(20(16)12-14-2-3-14)8-10-19(11-9-18)17(21)15-4-5-15/h14-16H,2-13H2,1H3/t16-/m1/s1. The Kier molecular flexibility index (Phi) is 3.93. The Bertz CT molecular complexity index is 423. The van der Waals surface area contributed by atoms with Crippen LogP contribution in [0.25, 0.3) is 0 Å². The molecule has 4 heteroatoms. The predicted octanol–water partition coefficient (Wildman–Crippen LogP) is 2.28. The summed E-state index contributed by atoms with van der Waals surface area (Å²) in [6.45, 7) is 4.11. The molecule has 2 aliphatic heterocycles. The molecule has 4 nitrogen and oxygen atoms in total. The topological polar surface area (TPSA) is 32.8 Å². The van der Waals surface area contributed by atoms with Gasteiger partial charge in [0.2, 0.25) is 5.91 Å². The molecule has 2 heterocycles. The zero-order valence-electron chi connectivity index (χ0n) is 13.9. The molecular weight excluding hydrogens is 276 g/mol. The molecule has 4 aliphatic rings. The van der Waals surface area contributed by atoms with Crippen molar-refractivity contribution in [1.82, 2.24) is 9.80 Å². The summed E-state index contributed by atoms with van der Waals surface area (Å²) in [5.41, 5.74) is 0.367. The highest BCUT2D eigenvalue weighted by atomic mass is 16.5. The van der Waals surface area contributed by atoms with Gasteiger partial charge >= 0.3 is 0 Å². The second-order valence-corrected chi connectivity index (χ2v) is 8.07. The van der Waals surface area contributed by atoms with Crippen LogP contribution < -0.4 is 0 Å². The SMILES string of the molecule is COC[C@H]1CCC2(CCN(C(=O)C3CC3)CC2)N1CC1CC1. The minimum Gasteiger partial charge on any atom is -0.383 e. The first kappa shape index (κ1) is 14.9. The summed E-state index contributed by atoms with van der Waals surface area (Å²) in [4.78, 5) is 17.2. The van der Waals surface area contributed by atoms with Gasteiger partial charge in [0, 0.05) is 44.2 Å². The van der Waals surface area contributed by atoms with Crippen molar-refractivity contribution in [2.45, 2.75) is 62.9 Å². The molecular formula is C18H30N2O2. The Hall–Kier alpha value is -0.610. The molecule has 0 aromatic heterocycles. The van der Waals surface area contributed by atoms with Gasteiger partial charge in [-0.05, 0) is 57.3 Å². The fourth-order valence-electron chi connectivity index (χ4n) is 4.68. The van der Waals surface area contributed by atoms with E-state index in [1.807, 2.05) is 7.11 Å². The highest BCUT2D eigenvalue weighted by Gasteiger charge is 2.49. The number of hydrogen-bond acceptors (Lipinski definition) is 3. The van der Waals surface area contributed by atoms with Crippen molar-refractivity contribution < 1.29 is 9.53 Å². The lowest BCUT2D eigenvalue weighted by molar-refractivity contribution is -0.135. The van der Waals surface area contributed by atoms with E-state index in [1.54, 1.807) is 0 Å². The lowest BCUT2D eigenvalue weighted by Crippen LogP contribution is -2.56. The fraction of sp³-hybridized carbons (Fsp3) is 0.944. The first-order valence-electron chi connectivity index (χ1n) is 9.26. The van der Waals surface area contributed by atoms with Crippen molar-refractivity contribution in [1.29, 1.82) is 0 Å². The summed E-state index contributed by atoms with van der Waals surface area (Å²) >= 11 is 0. The third kappa shape index (κ3) is 2.80. The molecule has 124 valence electrons. The van der Waals surface area contributed by atoms with E-state index in [0.29, 0.717) is 23.4 Å². The summed E-state index contributed by atoms with van der Waals surface area (Å²) in [5, 5.41) is 0. The van der Waals surface area contributed by atoms with Gasteiger partial charge in [-0.15, -0.1) is 0 Å². The number of methoxy groups -OCH3 is 1. The Balaban J connectivity index is 1.42. The molecule has 4 fully saturated rings. The van der Waals surface area contributed by atoms with Crippen molar-refractivity contribution in [3.8, 4) is 0 Å². The maximum atomic E-state index is 12.3. The van der Waals surface area contributed by atoms with Crippen LogP contribution in [0.15, 0.2) is 0 Å². The molecule has 1 atom stereocenters. The minimum absolute atomic E-state index is 0.367. The third-order valence-electron chi connectivity index (χ3n) is 6.44. The highest BCUT2D eigenvalue weighted by Crippen LogP contribution is 2.45. The molecule has 0 unspecified atom stereocenters. The number of carbonyl (C=O) groups is 1. The smallest absolute Gasteiger partial charge is 0.225 e. The van der Waals surface area contributed by atoms with E-state index in [4.69, 9.17) is 4.74 Å². The van der Waals surface area contributed by atoms with Crippen LogP contribution in [0.5, 0.6) is 0 Å². The minimum atomic E-state index is 0.367. The van der Waals surface area contributed by atoms with E-state index in [2.05, 4.69) is 9.80 Å². The largest absolute Gasteiger partial charge is 0.383 e. The van der Waals surface area contributed by atoms with E-state index in [-0.39, 0.29) is 0 Å². The van der Waals surface area contributed by atoms with Gasteiger partial charge in [-0.1, -0.05) is 0 Å². The Morgan fingerprint density at radius 1 is 1.09 bits per heavy atom. The van der Waals surface area contributed by atoms with Gasteiger partial charge in [-0.2, -0.15) is 0 Å². The average molecular weight is 306 g/mol. The van der Waals surface area contributed by atoms with Crippen molar-refractivity contribution in [2.24, 2.45) is 11.8 Å². The Morgan fingerprint density at radius 3 is 2.41 bits per heavy atom. The van der Waals surface area contributed by atoms with Gasteiger partial charge in [0.15, 0.2) is 0 Å². The molecule has 1 spiro atoms. The molecule has 0 bridgehead atoms. The van der Waals surface area contributed by atoms with Crippen molar-refractivity contribution >= 4 is 5.91 Å². The van der Waals surface area contributed by atoms with Crippen molar-refractivity contribution in [3.05, 3.63) is 0 Å². The second-order valence-electron chi connectivity index (χ2n) is 8.07. The van der Waals surface area contributed by atoms with Crippen molar-refractivity contribution in [2.75, 3.05) is 33.4 Å². The van der Waals surface area contributed by atoms with E-state index in [9.17, 15) is 4.79 Å². The number of rotatable bonds is 5. The number of carbonyl (C=O) groups excluding carboxylic acids is 1.